The van der Waals surface area contributed by atoms with Gasteiger partial charge in [-0.05, 0) is 24.1 Å². The average molecular weight is 404 g/mol. The Labute approximate surface area is 169 Å². The molecule has 0 fully saturated rings. The zero-order valence-corrected chi connectivity index (χ0v) is 16.5. The second-order valence-corrected chi connectivity index (χ2v) is 5.98. The lowest BCUT2D eigenvalue weighted by Crippen LogP contribution is -2.46. The van der Waals surface area contributed by atoms with E-state index in [-0.39, 0.29) is 25.2 Å². The molecule has 0 atom stereocenters. The molecule has 0 aliphatic rings. The predicted octanol–water partition coefficient (Wildman–Crippen LogP) is 2.02. The van der Waals surface area contributed by atoms with Gasteiger partial charge < -0.3 is 18.9 Å². The minimum Gasteiger partial charge on any atom is -0.469 e. The van der Waals surface area contributed by atoms with E-state index in [1.54, 1.807) is 12.1 Å². The molecule has 0 aromatic heterocycles. The average Bonchev–Trinajstić information content (AvgIpc) is 2.74. The molecule has 0 bridgehead atoms. The van der Waals surface area contributed by atoms with Crippen LogP contribution in [0.3, 0.4) is 0 Å². The Bertz CT molecular complexity index is 757. The molecule has 0 amide bonds. The molecule has 0 saturated heterocycles. The van der Waals surface area contributed by atoms with Gasteiger partial charge in [-0.3, -0.25) is 14.4 Å². The number of ether oxygens (including phenoxy) is 4. The van der Waals surface area contributed by atoms with Crippen molar-refractivity contribution >= 4 is 23.9 Å². The Hall–Kier alpha value is -3.42. The highest BCUT2D eigenvalue weighted by Crippen LogP contribution is 2.32. The van der Waals surface area contributed by atoms with Crippen molar-refractivity contribution in [1.29, 1.82) is 0 Å². The molecule has 156 valence electrons. The molecule has 0 N–H and O–H groups in total. The van der Waals surface area contributed by atoms with Crippen molar-refractivity contribution in [3.8, 4) is 0 Å². The quantitative estimate of drug-likeness (QED) is 0.239. The first kappa shape index (κ1) is 23.6. The monoisotopic (exact) mass is 404 g/mol. The Balaban J connectivity index is 3.44. The van der Waals surface area contributed by atoms with E-state index in [2.05, 4.69) is 22.6 Å². The van der Waals surface area contributed by atoms with Gasteiger partial charge in [0.2, 0.25) is 0 Å². The van der Waals surface area contributed by atoms with Crippen LogP contribution in [-0.2, 0) is 39.8 Å². The second kappa shape index (κ2) is 11.4. The number of carbonyl (C=O) groups is 4. The van der Waals surface area contributed by atoms with Crippen molar-refractivity contribution < 1.29 is 38.1 Å². The summed E-state index contributed by atoms with van der Waals surface area (Å²) < 4.78 is 19.5. The predicted molar refractivity (Wildman–Crippen MR) is 103 cm³/mol. The van der Waals surface area contributed by atoms with Crippen molar-refractivity contribution in [3.63, 3.8) is 0 Å². The van der Waals surface area contributed by atoms with Crippen LogP contribution in [0, 0.1) is 5.41 Å². The molecule has 0 saturated carbocycles. The number of methoxy groups -OCH3 is 2. The van der Waals surface area contributed by atoms with E-state index >= 15 is 0 Å². The van der Waals surface area contributed by atoms with Crippen LogP contribution in [0.1, 0.15) is 22.3 Å². The van der Waals surface area contributed by atoms with Gasteiger partial charge in [-0.1, -0.05) is 37.4 Å². The number of carbonyl (C=O) groups excluding carboxylic acids is 4. The molecule has 0 heterocycles. The number of rotatable bonds is 11. The molecule has 8 heteroatoms. The largest absolute Gasteiger partial charge is 0.469 e. The molecular formula is C21H24O8. The third-order valence-electron chi connectivity index (χ3n) is 3.97. The lowest BCUT2D eigenvalue weighted by atomic mass is 9.78. The fraction of sp³-hybridized carbons (Fsp3) is 0.333. The minimum atomic E-state index is -2.02. The highest BCUT2D eigenvalue weighted by molar-refractivity contribution is 6.03. The molecule has 29 heavy (non-hydrogen) atoms. The van der Waals surface area contributed by atoms with E-state index in [0.717, 1.165) is 7.11 Å². The third kappa shape index (κ3) is 6.31. The first-order valence-electron chi connectivity index (χ1n) is 8.65. The molecule has 1 aromatic carbocycles. The van der Waals surface area contributed by atoms with Crippen LogP contribution in [0.4, 0.5) is 0 Å². The van der Waals surface area contributed by atoms with E-state index in [9.17, 15) is 19.2 Å². The normalized spacial score (nSPS) is 10.4. The summed E-state index contributed by atoms with van der Waals surface area (Å²) in [7, 11) is 2.37. The zero-order chi connectivity index (χ0) is 21.9. The smallest absolute Gasteiger partial charge is 0.337 e. The van der Waals surface area contributed by atoms with E-state index in [4.69, 9.17) is 9.47 Å². The van der Waals surface area contributed by atoms with Gasteiger partial charge in [0.15, 0.2) is 5.41 Å². The summed E-state index contributed by atoms with van der Waals surface area (Å²) in [4.78, 5) is 49.6. The number of hydrogen-bond acceptors (Lipinski definition) is 8. The van der Waals surface area contributed by atoms with Gasteiger partial charge in [0, 0.05) is 0 Å². The van der Waals surface area contributed by atoms with Gasteiger partial charge in [0.1, 0.15) is 13.2 Å². The Morgan fingerprint density at radius 3 is 2.03 bits per heavy atom. The highest BCUT2D eigenvalue weighted by atomic mass is 16.6. The topological polar surface area (TPSA) is 105 Å². The van der Waals surface area contributed by atoms with Gasteiger partial charge in [-0.25, -0.2) is 4.79 Å². The van der Waals surface area contributed by atoms with Gasteiger partial charge >= 0.3 is 23.9 Å². The maximum Gasteiger partial charge on any atom is 0.337 e. The fourth-order valence-corrected chi connectivity index (χ4v) is 2.57. The molecule has 0 unspecified atom stereocenters. The van der Waals surface area contributed by atoms with Crippen LogP contribution >= 0.6 is 0 Å². The zero-order valence-electron chi connectivity index (χ0n) is 16.5. The first-order valence-corrected chi connectivity index (χ1v) is 8.65. The second-order valence-electron chi connectivity index (χ2n) is 5.98. The van der Waals surface area contributed by atoms with Crippen LogP contribution in [-0.4, -0.2) is 51.3 Å². The van der Waals surface area contributed by atoms with Crippen molar-refractivity contribution in [2.75, 3.05) is 27.4 Å². The van der Waals surface area contributed by atoms with Crippen LogP contribution in [0.2, 0.25) is 0 Å². The number of esters is 4. The van der Waals surface area contributed by atoms with E-state index in [1.807, 2.05) is 0 Å². The Morgan fingerprint density at radius 2 is 1.55 bits per heavy atom. The fourth-order valence-electron chi connectivity index (χ4n) is 2.57. The summed E-state index contributed by atoms with van der Waals surface area (Å²) >= 11 is 0. The molecule has 1 rings (SSSR count). The first-order chi connectivity index (χ1) is 13.8. The molecule has 0 aliphatic carbocycles. The maximum absolute atomic E-state index is 12.9. The molecule has 0 aliphatic heterocycles. The summed E-state index contributed by atoms with van der Waals surface area (Å²) in [6.07, 6.45) is 1.78. The summed E-state index contributed by atoms with van der Waals surface area (Å²) in [6, 6.07) is 6.14. The van der Waals surface area contributed by atoms with E-state index < -0.39 is 35.7 Å². The van der Waals surface area contributed by atoms with Crippen molar-refractivity contribution in [2.45, 2.75) is 12.8 Å². The lowest BCUT2D eigenvalue weighted by Gasteiger charge is -2.28. The van der Waals surface area contributed by atoms with Gasteiger partial charge in [-0.15, -0.1) is 0 Å². The van der Waals surface area contributed by atoms with Crippen molar-refractivity contribution in [1.82, 2.24) is 0 Å². The standard InChI is InChI=1S/C21H24O8/c1-5-10-28-19(24)21(14-17(22)26-3,20(25)29-11-6-2)13-15-8-7-9-16(12-15)18(23)27-4/h5-9,12H,1-2,10-11,13-14H2,3-4H3. The molecule has 0 spiro atoms. The highest BCUT2D eigenvalue weighted by Gasteiger charge is 2.51. The van der Waals surface area contributed by atoms with Gasteiger partial charge in [0.25, 0.3) is 0 Å². The maximum atomic E-state index is 12.9. The molecule has 0 radical (unpaired) electrons. The van der Waals surface area contributed by atoms with E-state index in [0.29, 0.717) is 5.56 Å². The van der Waals surface area contributed by atoms with Crippen LogP contribution < -0.4 is 0 Å². The van der Waals surface area contributed by atoms with Crippen molar-refractivity contribution in [3.05, 3.63) is 60.7 Å². The third-order valence-corrected chi connectivity index (χ3v) is 3.97. The Morgan fingerprint density at radius 1 is 0.966 bits per heavy atom. The number of hydrogen-bond donors (Lipinski definition) is 0. The SMILES string of the molecule is C=CCOC(=O)C(CC(=O)OC)(Cc1cccc(C(=O)OC)c1)C(=O)OCC=C. The Kier molecular flexibility index (Phi) is 9.31. The molecule has 8 nitrogen and oxygen atoms in total. The van der Waals surface area contributed by atoms with Gasteiger partial charge in [0.05, 0.1) is 26.2 Å². The molecular weight excluding hydrogens is 380 g/mol. The summed E-state index contributed by atoms with van der Waals surface area (Å²) in [6.45, 7) is 6.59. The van der Waals surface area contributed by atoms with Gasteiger partial charge in [-0.2, -0.15) is 0 Å². The summed E-state index contributed by atoms with van der Waals surface area (Å²) in [5.74, 6) is -3.34. The molecule has 1 aromatic rings. The van der Waals surface area contributed by atoms with Crippen LogP contribution in [0.25, 0.3) is 0 Å². The van der Waals surface area contributed by atoms with Crippen LogP contribution in [0.5, 0.6) is 0 Å². The lowest BCUT2D eigenvalue weighted by molar-refractivity contribution is -0.175. The van der Waals surface area contributed by atoms with Crippen molar-refractivity contribution in [2.24, 2.45) is 5.41 Å². The minimum absolute atomic E-state index is 0.168. The number of benzene rings is 1. The van der Waals surface area contributed by atoms with E-state index in [1.165, 1.54) is 31.4 Å². The van der Waals surface area contributed by atoms with Crippen LogP contribution in [0.15, 0.2) is 49.6 Å². The summed E-state index contributed by atoms with van der Waals surface area (Å²) in [5, 5.41) is 0. The summed E-state index contributed by atoms with van der Waals surface area (Å²) in [5.41, 5.74) is -1.38.